The summed E-state index contributed by atoms with van der Waals surface area (Å²) in [6, 6.07) is 1.83. The average Bonchev–Trinajstić information content (AvgIpc) is 2.28. The quantitative estimate of drug-likeness (QED) is 0.750. The molecule has 0 saturated carbocycles. The average molecular weight is 239 g/mol. The van der Waals surface area contributed by atoms with E-state index in [0.29, 0.717) is 18.0 Å². The highest BCUT2D eigenvalue weighted by molar-refractivity contribution is 4.93. The van der Waals surface area contributed by atoms with Gasteiger partial charge in [0.25, 0.3) is 0 Å². The fourth-order valence-corrected chi connectivity index (χ4v) is 3.73. The number of hydrogen-bond acceptors (Lipinski definition) is 3. The van der Waals surface area contributed by atoms with Crippen LogP contribution >= 0.6 is 0 Å². The van der Waals surface area contributed by atoms with Crippen molar-refractivity contribution in [1.29, 1.82) is 0 Å². The second-order valence-corrected chi connectivity index (χ2v) is 6.39. The third-order valence-electron chi connectivity index (χ3n) is 5.17. The van der Waals surface area contributed by atoms with E-state index in [1.54, 1.807) is 0 Å². The van der Waals surface area contributed by atoms with Gasteiger partial charge in [-0.05, 0) is 45.2 Å². The third kappa shape index (κ3) is 2.67. The molecule has 0 amide bonds. The van der Waals surface area contributed by atoms with Gasteiger partial charge in [0.2, 0.25) is 0 Å². The Labute approximate surface area is 106 Å². The maximum atomic E-state index is 6.18. The van der Waals surface area contributed by atoms with Gasteiger partial charge in [0.1, 0.15) is 0 Å². The van der Waals surface area contributed by atoms with Crippen molar-refractivity contribution in [1.82, 2.24) is 9.80 Å². The van der Waals surface area contributed by atoms with E-state index in [1.807, 2.05) is 0 Å². The van der Waals surface area contributed by atoms with E-state index >= 15 is 0 Å². The second-order valence-electron chi connectivity index (χ2n) is 6.39. The van der Waals surface area contributed by atoms with Crippen LogP contribution in [0.1, 0.15) is 33.6 Å². The Kier molecular flexibility index (Phi) is 4.11. The molecule has 5 unspecified atom stereocenters. The van der Waals surface area contributed by atoms with E-state index < -0.39 is 0 Å². The molecule has 2 heterocycles. The molecule has 17 heavy (non-hydrogen) atoms. The summed E-state index contributed by atoms with van der Waals surface area (Å²) in [5, 5.41) is 0. The lowest BCUT2D eigenvalue weighted by molar-refractivity contribution is 0.00305. The Bertz CT molecular complexity index is 256. The Morgan fingerprint density at radius 1 is 1.06 bits per heavy atom. The minimum Gasteiger partial charge on any atom is -0.327 e. The lowest BCUT2D eigenvalue weighted by Crippen LogP contribution is -2.59. The first kappa shape index (κ1) is 13.3. The van der Waals surface area contributed by atoms with Crippen LogP contribution < -0.4 is 5.73 Å². The molecule has 2 N–H and O–H groups in total. The summed E-state index contributed by atoms with van der Waals surface area (Å²) in [7, 11) is 2.24. The molecule has 2 aliphatic rings. The van der Waals surface area contributed by atoms with Crippen LogP contribution in [0.4, 0.5) is 0 Å². The van der Waals surface area contributed by atoms with Crippen LogP contribution in [0.15, 0.2) is 0 Å². The van der Waals surface area contributed by atoms with Gasteiger partial charge >= 0.3 is 0 Å². The minimum atomic E-state index is 0.405. The molecule has 5 atom stereocenters. The van der Waals surface area contributed by atoms with E-state index in [4.69, 9.17) is 5.73 Å². The smallest absolute Gasteiger partial charge is 0.0148 e. The van der Waals surface area contributed by atoms with Crippen molar-refractivity contribution in [2.75, 3.05) is 26.7 Å². The van der Waals surface area contributed by atoms with Gasteiger partial charge < -0.3 is 10.6 Å². The van der Waals surface area contributed by atoms with Gasteiger partial charge in [0.15, 0.2) is 0 Å². The van der Waals surface area contributed by atoms with Gasteiger partial charge in [-0.25, -0.2) is 0 Å². The van der Waals surface area contributed by atoms with Crippen LogP contribution in [-0.4, -0.2) is 54.6 Å². The first-order valence-corrected chi connectivity index (χ1v) is 7.20. The highest BCUT2D eigenvalue weighted by atomic mass is 15.2. The second kappa shape index (κ2) is 5.25. The molecule has 0 aromatic heterocycles. The van der Waals surface area contributed by atoms with Crippen molar-refractivity contribution in [2.45, 2.75) is 51.7 Å². The van der Waals surface area contributed by atoms with Crippen LogP contribution in [0.25, 0.3) is 0 Å². The number of likely N-dealkylation sites (tertiary alicyclic amines) is 2. The monoisotopic (exact) mass is 239 g/mol. The number of piperidine rings is 2. The molecule has 2 fully saturated rings. The van der Waals surface area contributed by atoms with Gasteiger partial charge in [-0.3, -0.25) is 4.90 Å². The first-order chi connectivity index (χ1) is 8.00. The van der Waals surface area contributed by atoms with Crippen molar-refractivity contribution in [3.8, 4) is 0 Å². The predicted molar refractivity (Wildman–Crippen MR) is 73.0 cm³/mol. The van der Waals surface area contributed by atoms with Gasteiger partial charge in [0.05, 0.1) is 0 Å². The van der Waals surface area contributed by atoms with Crippen LogP contribution in [-0.2, 0) is 0 Å². The Hall–Kier alpha value is -0.120. The van der Waals surface area contributed by atoms with Crippen molar-refractivity contribution in [3.05, 3.63) is 0 Å². The normalized spacial score (nSPS) is 46.1. The van der Waals surface area contributed by atoms with Crippen LogP contribution in [0, 0.1) is 11.8 Å². The molecule has 0 radical (unpaired) electrons. The molecule has 2 saturated heterocycles. The zero-order valence-electron chi connectivity index (χ0n) is 11.9. The molecule has 0 aromatic rings. The van der Waals surface area contributed by atoms with E-state index in [-0.39, 0.29) is 0 Å². The molecule has 2 rings (SSSR count). The topological polar surface area (TPSA) is 32.5 Å². The van der Waals surface area contributed by atoms with Crippen molar-refractivity contribution < 1.29 is 0 Å². The van der Waals surface area contributed by atoms with Crippen molar-refractivity contribution in [2.24, 2.45) is 17.6 Å². The van der Waals surface area contributed by atoms with Crippen LogP contribution in [0.2, 0.25) is 0 Å². The number of nitrogens with two attached hydrogens (primary N) is 1. The lowest BCUT2D eigenvalue weighted by atomic mass is 9.83. The summed E-state index contributed by atoms with van der Waals surface area (Å²) in [6.45, 7) is 10.8. The molecule has 3 nitrogen and oxygen atoms in total. The molecule has 0 spiro atoms. The van der Waals surface area contributed by atoms with Gasteiger partial charge in [-0.15, -0.1) is 0 Å². The molecule has 100 valence electrons. The number of rotatable bonds is 1. The molecule has 0 aromatic carbocycles. The molecule has 0 aliphatic carbocycles. The molecule has 3 heteroatoms. The minimum absolute atomic E-state index is 0.405. The summed E-state index contributed by atoms with van der Waals surface area (Å²) in [4.78, 5) is 5.20. The predicted octanol–water partition coefficient (Wildman–Crippen LogP) is 1.38. The zero-order chi connectivity index (χ0) is 12.6. The summed E-state index contributed by atoms with van der Waals surface area (Å²) in [5.74, 6) is 1.42. The zero-order valence-corrected chi connectivity index (χ0v) is 11.9. The standard InChI is InChI=1S/C14H29N3/c1-10-9-16(4)7-6-14(10)17-8-5-13(15)11(2)12(17)3/h10-14H,5-9,15H2,1-4H3. The maximum absolute atomic E-state index is 6.18. The van der Waals surface area contributed by atoms with Crippen molar-refractivity contribution in [3.63, 3.8) is 0 Å². The molecular formula is C14H29N3. The highest BCUT2D eigenvalue weighted by Crippen LogP contribution is 2.30. The largest absolute Gasteiger partial charge is 0.327 e. The SMILES string of the molecule is CC1CN(C)CCC1N1CCC(N)C(C)C1C. The van der Waals surface area contributed by atoms with E-state index in [0.717, 1.165) is 12.0 Å². The van der Waals surface area contributed by atoms with E-state index in [1.165, 1.54) is 32.5 Å². The fourth-order valence-electron chi connectivity index (χ4n) is 3.73. The Morgan fingerprint density at radius 2 is 1.76 bits per heavy atom. The van der Waals surface area contributed by atoms with Crippen molar-refractivity contribution >= 4 is 0 Å². The molecule has 2 aliphatic heterocycles. The number of nitrogens with zero attached hydrogens (tertiary/aromatic N) is 2. The van der Waals surface area contributed by atoms with Crippen LogP contribution in [0.3, 0.4) is 0 Å². The maximum Gasteiger partial charge on any atom is 0.0148 e. The van der Waals surface area contributed by atoms with Gasteiger partial charge in [-0.1, -0.05) is 13.8 Å². The number of hydrogen-bond donors (Lipinski definition) is 1. The van der Waals surface area contributed by atoms with Gasteiger partial charge in [0, 0.05) is 31.2 Å². The first-order valence-electron chi connectivity index (χ1n) is 7.20. The fraction of sp³-hybridized carbons (Fsp3) is 1.00. The summed E-state index contributed by atoms with van der Waals surface area (Å²) in [5.41, 5.74) is 6.18. The van der Waals surface area contributed by atoms with E-state index in [2.05, 4.69) is 37.6 Å². The summed E-state index contributed by atoms with van der Waals surface area (Å²) < 4.78 is 0. The van der Waals surface area contributed by atoms with Gasteiger partial charge in [-0.2, -0.15) is 0 Å². The lowest BCUT2D eigenvalue weighted by Gasteiger charge is -2.49. The molecule has 0 bridgehead atoms. The summed E-state index contributed by atoms with van der Waals surface area (Å²) in [6.07, 6.45) is 2.49. The molecular weight excluding hydrogens is 210 g/mol. The highest BCUT2D eigenvalue weighted by Gasteiger charge is 2.37. The van der Waals surface area contributed by atoms with E-state index in [9.17, 15) is 0 Å². The van der Waals surface area contributed by atoms with Crippen LogP contribution in [0.5, 0.6) is 0 Å². The Morgan fingerprint density at radius 3 is 2.41 bits per heavy atom. The third-order valence-corrected chi connectivity index (χ3v) is 5.17. The summed E-state index contributed by atoms with van der Waals surface area (Å²) >= 11 is 0. The Balaban J connectivity index is 2.02.